The van der Waals surface area contributed by atoms with E-state index in [-0.39, 0.29) is 0 Å². The summed E-state index contributed by atoms with van der Waals surface area (Å²) in [4.78, 5) is 0. The molecule has 0 unspecified atom stereocenters. The molecule has 0 aliphatic rings. The zero-order valence-electron chi connectivity index (χ0n) is 7.33. The van der Waals surface area contributed by atoms with Gasteiger partial charge in [-0.15, -0.1) is 10.6 Å². The summed E-state index contributed by atoms with van der Waals surface area (Å²) in [5.41, 5.74) is 0. The van der Waals surface area contributed by atoms with Crippen molar-refractivity contribution in [2.24, 2.45) is 0 Å². The Balaban J connectivity index is 2.89. The van der Waals surface area contributed by atoms with E-state index >= 15 is 0 Å². The molecule has 5 heteroatoms. The third-order valence-electron chi connectivity index (χ3n) is 1.14. The fourth-order valence-electron chi connectivity index (χ4n) is 0.288. The lowest BCUT2D eigenvalue weighted by Crippen LogP contribution is -1.93. The first kappa shape index (κ1) is 12.5. The maximum absolute atomic E-state index is 2.28. The van der Waals surface area contributed by atoms with Crippen LogP contribution in [0.25, 0.3) is 0 Å². The SMILES string of the molecule is CCCSSSSB(C)CC. The molecule has 0 aromatic rings. The van der Waals surface area contributed by atoms with Crippen LogP contribution < -0.4 is 0 Å². The third kappa shape index (κ3) is 9.38. The summed E-state index contributed by atoms with van der Waals surface area (Å²) in [7, 11) is 7.79. The van der Waals surface area contributed by atoms with E-state index in [0.717, 1.165) is 5.99 Å². The molecular weight excluding hydrogens is 211 g/mol. The van der Waals surface area contributed by atoms with Gasteiger partial charge in [0.2, 0.25) is 5.99 Å². The van der Waals surface area contributed by atoms with Crippen LogP contribution in [0.4, 0.5) is 0 Å². The first-order valence-electron chi connectivity index (χ1n) is 3.92. The highest BCUT2D eigenvalue weighted by Gasteiger charge is 2.03. The van der Waals surface area contributed by atoms with Gasteiger partial charge in [-0.05, 0) is 26.1 Å². The third-order valence-corrected chi connectivity index (χ3v) is 8.36. The molecule has 0 rings (SSSR count). The van der Waals surface area contributed by atoms with Crippen molar-refractivity contribution in [1.82, 2.24) is 0 Å². The summed E-state index contributed by atoms with van der Waals surface area (Å²) >= 11 is 0. The quantitative estimate of drug-likeness (QED) is 0.350. The second kappa shape index (κ2) is 9.55. The largest absolute Gasteiger partial charge is 0.221 e. The minimum Gasteiger partial charge on any atom is -0.134 e. The van der Waals surface area contributed by atoms with E-state index in [9.17, 15) is 0 Å². The van der Waals surface area contributed by atoms with Crippen LogP contribution in [-0.2, 0) is 0 Å². The smallest absolute Gasteiger partial charge is 0.134 e. The summed E-state index contributed by atoms with van der Waals surface area (Å²) in [5.74, 6) is 2.08. The van der Waals surface area contributed by atoms with Crippen LogP contribution in [-0.4, -0.2) is 11.7 Å². The van der Waals surface area contributed by atoms with Crippen molar-refractivity contribution in [2.45, 2.75) is 33.4 Å². The topological polar surface area (TPSA) is 0 Å². The van der Waals surface area contributed by atoms with Gasteiger partial charge in [0.1, 0.15) is 0 Å². The molecule has 0 aliphatic carbocycles. The van der Waals surface area contributed by atoms with Gasteiger partial charge in [-0.3, -0.25) is 0 Å². The van der Waals surface area contributed by atoms with Crippen molar-refractivity contribution in [3.05, 3.63) is 0 Å². The van der Waals surface area contributed by atoms with Crippen molar-refractivity contribution in [3.63, 3.8) is 0 Å². The van der Waals surface area contributed by atoms with E-state index in [4.69, 9.17) is 0 Å². The Kier molecular flexibility index (Phi) is 10.8. The van der Waals surface area contributed by atoms with E-state index in [0.29, 0.717) is 0 Å². The van der Waals surface area contributed by atoms with Crippen LogP contribution in [0.1, 0.15) is 20.3 Å². The van der Waals surface area contributed by atoms with Gasteiger partial charge >= 0.3 is 0 Å². The Bertz CT molecular complexity index is 81.0. The fourth-order valence-corrected chi connectivity index (χ4v) is 6.98. The van der Waals surface area contributed by atoms with Gasteiger partial charge < -0.3 is 0 Å². The maximum Gasteiger partial charge on any atom is 0.221 e. The van der Waals surface area contributed by atoms with E-state index in [2.05, 4.69) is 20.7 Å². The molecule has 0 N–H and O–H groups in total. The molecule has 0 amide bonds. The van der Waals surface area contributed by atoms with Crippen LogP contribution in [0, 0.1) is 0 Å². The highest BCUT2D eigenvalue weighted by Crippen LogP contribution is 2.44. The molecule has 0 heterocycles. The molecule has 0 radical (unpaired) electrons. The van der Waals surface area contributed by atoms with Crippen LogP contribution in [0.2, 0.25) is 13.1 Å². The Labute approximate surface area is 86.0 Å². The lowest BCUT2D eigenvalue weighted by molar-refractivity contribution is 1.11. The zero-order chi connectivity index (χ0) is 8.53. The van der Waals surface area contributed by atoms with Crippen molar-refractivity contribution in [1.29, 1.82) is 0 Å². The number of hydrogen-bond acceptors (Lipinski definition) is 4. The van der Waals surface area contributed by atoms with E-state index in [1.54, 1.807) is 0 Å². The van der Waals surface area contributed by atoms with Gasteiger partial charge in [-0.25, -0.2) is 0 Å². The molecule has 0 atom stereocenters. The van der Waals surface area contributed by atoms with Crippen LogP contribution in [0.3, 0.4) is 0 Å². The fraction of sp³-hybridized carbons (Fsp3) is 1.00. The van der Waals surface area contributed by atoms with Gasteiger partial charge in [0.15, 0.2) is 0 Å². The Morgan fingerprint density at radius 1 is 1.18 bits per heavy atom. The average molecular weight is 226 g/mol. The first-order chi connectivity index (χ1) is 5.31. The lowest BCUT2D eigenvalue weighted by Gasteiger charge is -2.01. The Morgan fingerprint density at radius 3 is 2.45 bits per heavy atom. The Hall–Kier alpha value is 1.46. The molecule has 0 saturated heterocycles. The molecular formula is C6H15BS4. The van der Waals surface area contributed by atoms with Gasteiger partial charge in [0.25, 0.3) is 0 Å². The average Bonchev–Trinajstić information content (AvgIpc) is 2.04. The Morgan fingerprint density at radius 2 is 1.91 bits per heavy atom. The van der Waals surface area contributed by atoms with E-state index in [1.807, 2.05) is 41.1 Å². The molecule has 0 bridgehead atoms. The standard InChI is InChI=1S/C6H15BS4/c1-4-6-8-10-11-9-7(3)5-2/h4-6H2,1-3H3. The summed E-state index contributed by atoms with van der Waals surface area (Å²) in [5, 5.41) is 0. The molecule has 0 saturated carbocycles. The summed E-state index contributed by atoms with van der Waals surface area (Å²) < 4.78 is 0. The van der Waals surface area contributed by atoms with Gasteiger partial charge in [0, 0.05) is 5.75 Å². The predicted molar refractivity (Wildman–Crippen MR) is 67.6 cm³/mol. The number of hydrogen-bond donors (Lipinski definition) is 0. The van der Waals surface area contributed by atoms with Crippen molar-refractivity contribution in [2.75, 3.05) is 5.75 Å². The van der Waals surface area contributed by atoms with Crippen molar-refractivity contribution < 1.29 is 0 Å². The minimum atomic E-state index is 0.801. The second-order valence-corrected chi connectivity index (χ2v) is 8.74. The van der Waals surface area contributed by atoms with Gasteiger partial charge in [-0.1, -0.05) is 37.8 Å². The normalized spacial score (nSPS) is 10.1. The maximum atomic E-state index is 2.28. The molecule has 0 spiro atoms. The highest BCUT2D eigenvalue weighted by molar-refractivity contribution is 9.28. The molecule has 66 valence electrons. The molecule has 0 fully saturated rings. The second-order valence-electron chi connectivity index (χ2n) is 2.27. The van der Waals surface area contributed by atoms with Crippen molar-refractivity contribution >= 4 is 47.1 Å². The number of rotatable bonds is 7. The highest BCUT2D eigenvalue weighted by atomic mass is 33.7. The zero-order valence-corrected chi connectivity index (χ0v) is 10.6. The molecule has 0 aromatic carbocycles. The van der Waals surface area contributed by atoms with Crippen LogP contribution in [0.15, 0.2) is 0 Å². The molecule has 0 nitrogen and oxygen atoms in total. The van der Waals surface area contributed by atoms with E-state index in [1.165, 1.54) is 18.5 Å². The lowest BCUT2D eigenvalue weighted by atomic mass is 9.77. The summed E-state index contributed by atoms with van der Waals surface area (Å²) in [6.07, 6.45) is 2.56. The molecule has 0 aliphatic heterocycles. The summed E-state index contributed by atoms with van der Waals surface area (Å²) in [6, 6.07) is 0. The molecule has 0 aromatic heterocycles. The predicted octanol–water partition coefficient (Wildman–Crippen LogP) is 4.72. The monoisotopic (exact) mass is 226 g/mol. The van der Waals surface area contributed by atoms with Gasteiger partial charge in [0.05, 0.1) is 0 Å². The van der Waals surface area contributed by atoms with Crippen LogP contribution in [0.5, 0.6) is 0 Å². The summed E-state index contributed by atoms with van der Waals surface area (Å²) in [6.45, 7) is 6.74. The first-order valence-corrected chi connectivity index (χ1v) is 8.97. The van der Waals surface area contributed by atoms with Gasteiger partial charge in [-0.2, -0.15) is 0 Å². The van der Waals surface area contributed by atoms with E-state index < -0.39 is 0 Å². The molecule has 11 heavy (non-hydrogen) atoms. The van der Waals surface area contributed by atoms with Crippen molar-refractivity contribution in [3.8, 4) is 0 Å². The van der Waals surface area contributed by atoms with Crippen LogP contribution >= 0.6 is 41.1 Å². The minimum absolute atomic E-state index is 0.801.